The molecule has 1 heterocycles. The Morgan fingerprint density at radius 1 is 0.298 bits per heavy atom. The standard InChI is InChI=1S/C44H35N3/c1-7-19-35(20-8-1)43(36-21-9-2-10-22-36,37-23-11-3-12-24-37)45-33-41-31-32-42(47-41)34-46-44(38-25-13-4-14-26-38,39-27-15-5-16-28-39)40-29-17-6-18-30-40/h1-34,47H. The average molecular weight is 606 g/mol. The predicted molar refractivity (Wildman–Crippen MR) is 194 cm³/mol. The minimum absolute atomic E-state index is 0.730. The van der Waals surface area contributed by atoms with Crippen molar-refractivity contribution in [2.45, 2.75) is 11.1 Å². The third-order valence-electron chi connectivity index (χ3n) is 8.68. The molecule has 0 saturated heterocycles. The van der Waals surface area contributed by atoms with Gasteiger partial charge in [0.25, 0.3) is 0 Å². The molecule has 7 aromatic rings. The van der Waals surface area contributed by atoms with Crippen molar-refractivity contribution in [3.63, 3.8) is 0 Å². The van der Waals surface area contributed by atoms with Gasteiger partial charge in [-0.2, -0.15) is 0 Å². The van der Waals surface area contributed by atoms with E-state index >= 15 is 0 Å². The number of H-pyrrole nitrogens is 1. The molecule has 0 aliphatic carbocycles. The lowest BCUT2D eigenvalue weighted by atomic mass is 9.77. The molecule has 0 aliphatic rings. The highest BCUT2D eigenvalue weighted by Crippen LogP contribution is 2.42. The van der Waals surface area contributed by atoms with Crippen LogP contribution >= 0.6 is 0 Å². The number of aliphatic imine (C=N–C) groups is 2. The number of hydrogen-bond donors (Lipinski definition) is 1. The van der Waals surface area contributed by atoms with Gasteiger partial charge < -0.3 is 4.98 Å². The van der Waals surface area contributed by atoms with Crippen LogP contribution in [0, 0.1) is 0 Å². The molecule has 0 aliphatic heterocycles. The first-order valence-corrected chi connectivity index (χ1v) is 15.9. The Kier molecular flexibility index (Phi) is 8.52. The highest BCUT2D eigenvalue weighted by atomic mass is 14.9. The van der Waals surface area contributed by atoms with Gasteiger partial charge in [0.2, 0.25) is 0 Å². The molecule has 0 radical (unpaired) electrons. The maximum absolute atomic E-state index is 5.40. The Morgan fingerprint density at radius 3 is 0.723 bits per heavy atom. The molecule has 0 spiro atoms. The van der Waals surface area contributed by atoms with Crippen LogP contribution in [0.2, 0.25) is 0 Å². The van der Waals surface area contributed by atoms with Crippen molar-refractivity contribution in [2.75, 3.05) is 0 Å². The summed E-state index contributed by atoms with van der Waals surface area (Å²) in [6, 6.07) is 67.2. The first-order valence-electron chi connectivity index (χ1n) is 15.9. The second-order valence-electron chi connectivity index (χ2n) is 11.5. The molecule has 0 bridgehead atoms. The van der Waals surface area contributed by atoms with Crippen LogP contribution in [0.25, 0.3) is 0 Å². The number of hydrogen-bond acceptors (Lipinski definition) is 2. The quantitative estimate of drug-likeness (QED) is 0.119. The molecule has 226 valence electrons. The zero-order valence-corrected chi connectivity index (χ0v) is 26.0. The smallest absolute Gasteiger partial charge is 0.136 e. The second kappa shape index (κ2) is 13.5. The zero-order valence-electron chi connectivity index (χ0n) is 26.0. The molecule has 1 aromatic heterocycles. The molecule has 3 nitrogen and oxygen atoms in total. The summed E-state index contributed by atoms with van der Waals surface area (Å²) in [5.74, 6) is 0. The molecule has 1 N–H and O–H groups in total. The Labute approximate surface area is 276 Å². The van der Waals surface area contributed by atoms with Gasteiger partial charge in [0.15, 0.2) is 0 Å². The fraction of sp³-hybridized carbons (Fsp3) is 0.0455. The number of aromatic nitrogens is 1. The zero-order chi connectivity index (χ0) is 31.8. The molecule has 0 unspecified atom stereocenters. The largest absolute Gasteiger partial charge is 0.353 e. The summed E-state index contributed by atoms with van der Waals surface area (Å²) in [5, 5.41) is 0. The van der Waals surface area contributed by atoms with Gasteiger partial charge in [0, 0.05) is 12.4 Å². The van der Waals surface area contributed by atoms with Gasteiger partial charge in [-0.15, -0.1) is 0 Å². The van der Waals surface area contributed by atoms with Crippen molar-refractivity contribution < 1.29 is 0 Å². The van der Waals surface area contributed by atoms with Gasteiger partial charge >= 0.3 is 0 Å². The molecule has 0 fully saturated rings. The van der Waals surface area contributed by atoms with Crippen LogP contribution in [0.3, 0.4) is 0 Å². The minimum Gasteiger partial charge on any atom is -0.353 e. The molecule has 47 heavy (non-hydrogen) atoms. The van der Waals surface area contributed by atoms with E-state index in [1.54, 1.807) is 0 Å². The summed E-state index contributed by atoms with van der Waals surface area (Å²) in [6.07, 6.45) is 3.90. The van der Waals surface area contributed by atoms with Gasteiger partial charge in [-0.1, -0.05) is 182 Å². The molecular weight excluding hydrogens is 571 g/mol. The number of rotatable bonds is 10. The Bertz CT molecular complexity index is 1710. The second-order valence-corrected chi connectivity index (χ2v) is 11.5. The SMILES string of the molecule is C(=NC(c1ccccc1)(c1ccccc1)c1ccccc1)c1ccc(C=NC(c2ccccc2)(c2ccccc2)c2ccccc2)[nH]1. The van der Waals surface area contributed by atoms with Crippen LogP contribution in [-0.2, 0) is 11.1 Å². The number of benzene rings is 6. The van der Waals surface area contributed by atoms with E-state index in [1.165, 1.54) is 0 Å². The van der Waals surface area contributed by atoms with Crippen molar-refractivity contribution in [1.29, 1.82) is 0 Å². The van der Waals surface area contributed by atoms with Crippen molar-refractivity contribution in [1.82, 2.24) is 4.98 Å². The monoisotopic (exact) mass is 605 g/mol. The van der Waals surface area contributed by atoms with Crippen molar-refractivity contribution >= 4 is 12.4 Å². The summed E-state index contributed by atoms with van der Waals surface area (Å²) in [5.41, 5.74) is 6.91. The van der Waals surface area contributed by atoms with Gasteiger partial charge in [0.05, 0.1) is 11.4 Å². The minimum atomic E-state index is -0.730. The predicted octanol–water partition coefficient (Wildman–Crippen LogP) is 9.84. The van der Waals surface area contributed by atoms with E-state index in [1.807, 2.05) is 48.8 Å². The fourth-order valence-corrected chi connectivity index (χ4v) is 6.44. The van der Waals surface area contributed by atoms with E-state index in [9.17, 15) is 0 Å². The lowest BCUT2D eigenvalue weighted by molar-refractivity contribution is 0.659. The summed E-state index contributed by atoms with van der Waals surface area (Å²) >= 11 is 0. The molecule has 0 saturated carbocycles. The van der Waals surface area contributed by atoms with Crippen LogP contribution < -0.4 is 0 Å². The first-order chi connectivity index (χ1) is 23.3. The van der Waals surface area contributed by atoms with Gasteiger partial charge in [0.1, 0.15) is 11.1 Å². The van der Waals surface area contributed by atoms with Crippen molar-refractivity contribution in [2.24, 2.45) is 9.98 Å². The maximum atomic E-state index is 5.40. The van der Waals surface area contributed by atoms with E-state index in [2.05, 4.69) is 163 Å². The molecule has 0 amide bonds. The third-order valence-corrected chi connectivity index (χ3v) is 8.68. The fourth-order valence-electron chi connectivity index (χ4n) is 6.44. The lowest BCUT2D eigenvalue weighted by Crippen LogP contribution is -2.27. The third kappa shape index (κ3) is 5.87. The van der Waals surface area contributed by atoms with Crippen LogP contribution in [0.1, 0.15) is 44.8 Å². The van der Waals surface area contributed by atoms with Crippen LogP contribution in [0.5, 0.6) is 0 Å². The van der Waals surface area contributed by atoms with Crippen LogP contribution in [0.15, 0.2) is 204 Å². The highest BCUT2D eigenvalue weighted by molar-refractivity contribution is 5.84. The van der Waals surface area contributed by atoms with E-state index in [4.69, 9.17) is 9.98 Å². The topological polar surface area (TPSA) is 40.5 Å². The highest BCUT2D eigenvalue weighted by Gasteiger charge is 2.36. The summed E-state index contributed by atoms with van der Waals surface area (Å²) in [6.45, 7) is 0. The first kappa shape index (κ1) is 29.6. The van der Waals surface area contributed by atoms with Crippen LogP contribution in [-0.4, -0.2) is 17.4 Å². The van der Waals surface area contributed by atoms with Gasteiger partial charge in [-0.3, -0.25) is 9.98 Å². The Morgan fingerprint density at radius 2 is 0.511 bits per heavy atom. The number of nitrogens with one attached hydrogen (secondary N) is 1. The maximum Gasteiger partial charge on any atom is 0.136 e. The molecule has 0 atom stereocenters. The molecule has 3 heteroatoms. The van der Waals surface area contributed by atoms with E-state index in [0.29, 0.717) is 0 Å². The Balaban J connectivity index is 1.32. The van der Waals surface area contributed by atoms with E-state index < -0.39 is 11.1 Å². The Hall–Kier alpha value is -6.06. The van der Waals surface area contributed by atoms with Crippen molar-refractivity contribution in [3.05, 3.63) is 239 Å². The van der Waals surface area contributed by atoms with E-state index in [0.717, 1.165) is 44.8 Å². The molecular formula is C44H35N3. The van der Waals surface area contributed by atoms with Gasteiger partial charge in [-0.05, 0) is 45.5 Å². The lowest BCUT2D eigenvalue weighted by Gasteiger charge is -2.32. The van der Waals surface area contributed by atoms with Gasteiger partial charge in [-0.25, -0.2) is 0 Å². The molecule has 6 aromatic carbocycles. The van der Waals surface area contributed by atoms with E-state index in [-0.39, 0.29) is 0 Å². The normalized spacial score (nSPS) is 12.1. The average Bonchev–Trinajstić information content (AvgIpc) is 3.63. The summed E-state index contributed by atoms with van der Waals surface area (Å²) < 4.78 is 0. The van der Waals surface area contributed by atoms with Crippen molar-refractivity contribution in [3.8, 4) is 0 Å². The summed E-state index contributed by atoms with van der Waals surface area (Å²) in [4.78, 5) is 14.4. The number of nitrogens with zero attached hydrogens (tertiary/aromatic N) is 2. The van der Waals surface area contributed by atoms with Crippen LogP contribution in [0.4, 0.5) is 0 Å². The molecule has 7 rings (SSSR count). The number of aromatic amines is 1. The summed E-state index contributed by atoms with van der Waals surface area (Å²) in [7, 11) is 0.